The number of hydrogen-bond acceptors (Lipinski definition) is 5. The van der Waals surface area contributed by atoms with Gasteiger partial charge in [-0.3, -0.25) is 9.59 Å². The van der Waals surface area contributed by atoms with Crippen molar-refractivity contribution in [3.05, 3.63) is 75.2 Å². The first-order valence-corrected chi connectivity index (χ1v) is 10.2. The molecule has 6 nitrogen and oxygen atoms in total. The molecule has 1 saturated heterocycles. The summed E-state index contributed by atoms with van der Waals surface area (Å²) in [7, 11) is 0. The van der Waals surface area contributed by atoms with Gasteiger partial charge in [0.25, 0.3) is 11.8 Å². The summed E-state index contributed by atoms with van der Waals surface area (Å²) >= 11 is 1.07. The van der Waals surface area contributed by atoms with E-state index in [1.807, 2.05) is 19.1 Å². The van der Waals surface area contributed by atoms with Gasteiger partial charge in [-0.1, -0.05) is 35.1 Å². The molecule has 2 aromatic carbocycles. The molecule has 9 heteroatoms. The lowest BCUT2D eigenvalue weighted by molar-refractivity contribution is 0.0725. The molecule has 1 fully saturated rings. The zero-order chi connectivity index (χ0) is 21.3. The van der Waals surface area contributed by atoms with Crippen molar-refractivity contribution in [2.24, 2.45) is 0 Å². The largest absolute Gasteiger partial charge is 0.329 e. The SMILES string of the molecule is Cc1ccc(NC(=O)c2nnc(C3CCCN3C(=O)c3c(F)cccc3F)s2)cc1. The van der Waals surface area contributed by atoms with Gasteiger partial charge in [-0.05, 0) is 44.0 Å². The number of likely N-dealkylation sites (tertiary alicyclic amines) is 1. The van der Waals surface area contributed by atoms with E-state index in [2.05, 4.69) is 15.5 Å². The van der Waals surface area contributed by atoms with E-state index in [0.717, 1.165) is 29.0 Å². The number of rotatable bonds is 4. The molecule has 0 aliphatic carbocycles. The van der Waals surface area contributed by atoms with Crippen molar-refractivity contribution in [3.63, 3.8) is 0 Å². The van der Waals surface area contributed by atoms with Crippen LogP contribution in [0.4, 0.5) is 14.5 Å². The number of benzene rings is 2. The van der Waals surface area contributed by atoms with Crippen LogP contribution in [0.3, 0.4) is 0 Å². The molecular formula is C21H18F2N4O2S. The van der Waals surface area contributed by atoms with Crippen LogP contribution in [-0.2, 0) is 0 Å². The van der Waals surface area contributed by atoms with Crippen LogP contribution in [0.1, 0.15) is 49.6 Å². The Morgan fingerprint density at radius 1 is 1.10 bits per heavy atom. The highest BCUT2D eigenvalue weighted by molar-refractivity contribution is 7.13. The topological polar surface area (TPSA) is 75.2 Å². The highest BCUT2D eigenvalue weighted by Gasteiger charge is 2.35. The molecule has 1 aliphatic rings. The Bertz CT molecular complexity index is 1080. The number of halogens is 2. The molecular weight excluding hydrogens is 410 g/mol. The lowest BCUT2D eigenvalue weighted by Gasteiger charge is -2.23. The van der Waals surface area contributed by atoms with E-state index in [9.17, 15) is 18.4 Å². The molecule has 0 bridgehead atoms. The van der Waals surface area contributed by atoms with E-state index in [1.165, 1.54) is 11.0 Å². The number of aryl methyl sites for hydroxylation is 1. The Balaban J connectivity index is 1.52. The normalized spacial score (nSPS) is 16.0. The summed E-state index contributed by atoms with van der Waals surface area (Å²) < 4.78 is 28.1. The van der Waals surface area contributed by atoms with Crippen molar-refractivity contribution in [2.45, 2.75) is 25.8 Å². The first-order valence-electron chi connectivity index (χ1n) is 9.40. The molecule has 1 N–H and O–H groups in total. The highest BCUT2D eigenvalue weighted by atomic mass is 32.1. The second-order valence-corrected chi connectivity index (χ2v) is 8.03. The maximum Gasteiger partial charge on any atom is 0.286 e. The summed E-state index contributed by atoms with van der Waals surface area (Å²) in [5.41, 5.74) is 1.13. The predicted octanol–water partition coefficient (Wildman–Crippen LogP) is 4.35. The molecule has 1 unspecified atom stereocenters. The van der Waals surface area contributed by atoms with Crippen LogP contribution in [-0.4, -0.2) is 33.5 Å². The van der Waals surface area contributed by atoms with Crippen LogP contribution in [0.5, 0.6) is 0 Å². The summed E-state index contributed by atoms with van der Waals surface area (Å²) in [5, 5.41) is 11.4. The first-order chi connectivity index (χ1) is 14.4. The van der Waals surface area contributed by atoms with Crippen LogP contribution in [0.2, 0.25) is 0 Å². The number of carbonyl (C=O) groups is 2. The van der Waals surface area contributed by atoms with Crippen LogP contribution in [0, 0.1) is 18.6 Å². The van der Waals surface area contributed by atoms with Gasteiger partial charge in [0.15, 0.2) is 0 Å². The van der Waals surface area contributed by atoms with Crippen molar-refractivity contribution in [1.29, 1.82) is 0 Å². The van der Waals surface area contributed by atoms with Gasteiger partial charge in [0.2, 0.25) is 5.01 Å². The first kappa shape index (κ1) is 20.1. The minimum atomic E-state index is -0.902. The zero-order valence-corrected chi connectivity index (χ0v) is 16.9. The molecule has 4 rings (SSSR count). The van der Waals surface area contributed by atoms with E-state index in [4.69, 9.17) is 0 Å². The number of aromatic nitrogens is 2. The molecule has 0 spiro atoms. The van der Waals surface area contributed by atoms with Gasteiger partial charge < -0.3 is 10.2 Å². The second-order valence-electron chi connectivity index (χ2n) is 7.02. The van der Waals surface area contributed by atoms with E-state index >= 15 is 0 Å². The lowest BCUT2D eigenvalue weighted by atomic mass is 10.1. The Labute approximate surface area is 175 Å². The van der Waals surface area contributed by atoms with Gasteiger partial charge in [-0.25, -0.2) is 8.78 Å². The third-order valence-corrected chi connectivity index (χ3v) is 5.94. The summed E-state index contributed by atoms with van der Waals surface area (Å²) in [5.74, 6) is -2.94. The lowest BCUT2D eigenvalue weighted by Crippen LogP contribution is -2.32. The fraction of sp³-hybridized carbons (Fsp3) is 0.238. The number of carbonyl (C=O) groups excluding carboxylic acids is 2. The number of nitrogens with zero attached hydrogens (tertiary/aromatic N) is 3. The van der Waals surface area contributed by atoms with E-state index < -0.39 is 35.1 Å². The Hall–Kier alpha value is -3.20. The van der Waals surface area contributed by atoms with Gasteiger partial charge in [0.1, 0.15) is 22.2 Å². The van der Waals surface area contributed by atoms with E-state index in [0.29, 0.717) is 30.1 Å². The summed E-state index contributed by atoms with van der Waals surface area (Å²) in [6, 6.07) is 10.2. The Morgan fingerprint density at radius 2 is 1.80 bits per heavy atom. The number of nitrogens with one attached hydrogen (secondary N) is 1. The van der Waals surface area contributed by atoms with Crippen LogP contribution >= 0.6 is 11.3 Å². The number of anilines is 1. The van der Waals surface area contributed by atoms with Crippen LogP contribution in [0.25, 0.3) is 0 Å². The summed E-state index contributed by atoms with van der Waals surface area (Å²) in [6.45, 7) is 2.30. The maximum atomic E-state index is 14.1. The van der Waals surface area contributed by atoms with Gasteiger partial charge >= 0.3 is 0 Å². The minimum Gasteiger partial charge on any atom is -0.329 e. The predicted molar refractivity (Wildman–Crippen MR) is 108 cm³/mol. The molecule has 1 atom stereocenters. The van der Waals surface area contributed by atoms with E-state index in [-0.39, 0.29) is 5.01 Å². The van der Waals surface area contributed by atoms with Crippen LogP contribution in [0.15, 0.2) is 42.5 Å². The van der Waals surface area contributed by atoms with E-state index in [1.54, 1.807) is 12.1 Å². The standard InChI is InChI=1S/C21H18F2N4O2S/c1-12-7-9-13(10-8-12)24-18(28)20-26-25-19(30-20)16-6-3-11-27(16)21(29)17-14(22)4-2-5-15(17)23/h2,4-5,7-10,16H,3,6,11H2,1H3,(H,24,28). The smallest absolute Gasteiger partial charge is 0.286 e. The average molecular weight is 428 g/mol. The fourth-order valence-electron chi connectivity index (χ4n) is 3.39. The Kier molecular flexibility index (Phi) is 5.54. The monoisotopic (exact) mass is 428 g/mol. The third kappa shape index (κ3) is 3.93. The van der Waals surface area contributed by atoms with Crippen molar-refractivity contribution in [3.8, 4) is 0 Å². The molecule has 3 aromatic rings. The van der Waals surface area contributed by atoms with Crippen molar-refractivity contribution >= 4 is 28.8 Å². The van der Waals surface area contributed by atoms with Gasteiger partial charge in [-0.15, -0.1) is 10.2 Å². The highest BCUT2D eigenvalue weighted by Crippen LogP contribution is 2.35. The molecule has 0 saturated carbocycles. The Morgan fingerprint density at radius 3 is 2.50 bits per heavy atom. The molecule has 154 valence electrons. The van der Waals surface area contributed by atoms with Crippen molar-refractivity contribution in [2.75, 3.05) is 11.9 Å². The average Bonchev–Trinajstić information content (AvgIpc) is 3.39. The summed E-state index contributed by atoms with van der Waals surface area (Å²) in [6.07, 6.45) is 1.24. The minimum absolute atomic E-state index is 0.155. The fourth-order valence-corrected chi connectivity index (χ4v) is 4.28. The second kappa shape index (κ2) is 8.27. The molecule has 1 aliphatic heterocycles. The molecule has 0 radical (unpaired) electrons. The van der Waals surface area contributed by atoms with Crippen molar-refractivity contribution < 1.29 is 18.4 Å². The summed E-state index contributed by atoms with van der Waals surface area (Å²) in [4.78, 5) is 26.7. The van der Waals surface area contributed by atoms with Crippen molar-refractivity contribution in [1.82, 2.24) is 15.1 Å². The maximum absolute atomic E-state index is 14.1. The van der Waals surface area contributed by atoms with Gasteiger partial charge in [-0.2, -0.15) is 0 Å². The van der Waals surface area contributed by atoms with Crippen LogP contribution < -0.4 is 5.32 Å². The number of hydrogen-bond donors (Lipinski definition) is 1. The zero-order valence-electron chi connectivity index (χ0n) is 16.1. The third-order valence-electron chi connectivity index (χ3n) is 4.92. The molecule has 2 heterocycles. The quantitative estimate of drug-likeness (QED) is 0.670. The van der Waals surface area contributed by atoms with Gasteiger partial charge in [0, 0.05) is 12.2 Å². The molecule has 1 aromatic heterocycles. The molecule has 30 heavy (non-hydrogen) atoms. The number of amides is 2. The molecule has 2 amide bonds. The van der Waals surface area contributed by atoms with Gasteiger partial charge in [0.05, 0.1) is 6.04 Å².